The number of imidazole rings is 1. The molecule has 0 amide bonds. The molecule has 2 N–H and O–H groups in total. The Labute approximate surface area is 187 Å². The van der Waals surface area contributed by atoms with E-state index in [9.17, 15) is 0 Å². The molecule has 2 aromatic carbocycles. The number of hydrogen-bond acceptors (Lipinski definition) is 6. The van der Waals surface area contributed by atoms with Crippen LogP contribution in [0.2, 0.25) is 0 Å². The number of rotatable bonds is 10. The van der Waals surface area contributed by atoms with Gasteiger partial charge in [0.15, 0.2) is 5.82 Å². The summed E-state index contributed by atoms with van der Waals surface area (Å²) < 4.78 is 7.89. The zero-order valence-corrected chi connectivity index (χ0v) is 18.6. The van der Waals surface area contributed by atoms with Crippen LogP contribution >= 0.6 is 0 Å². The molecule has 0 radical (unpaired) electrons. The Morgan fingerprint density at radius 3 is 2.62 bits per heavy atom. The SMILES string of the molecule is CCOCc1nc2c(N)nc3ccccc3c2n1CCCC(C)=NOCc1ccccc1. The first-order valence-electron chi connectivity index (χ1n) is 11.0. The lowest BCUT2D eigenvalue weighted by atomic mass is 10.1. The van der Waals surface area contributed by atoms with Crippen molar-refractivity contribution in [2.24, 2.45) is 5.16 Å². The molecule has 0 aliphatic heterocycles. The lowest BCUT2D eigenvalue weighted by Crippen LogP contribution is -2.08. The van der Waals surface area contributed by atoms with Crippen LogP contribution in [0, 0.1) is 0 Å². The third-order valence-corrected chi connectivity index (χ3v) is 5.34. The van der Waals surface area contributed by atoms with E-state index in [0.717, 1.165) is 58.4 Å². The van der Waals surface area contributed by atoms with Crippen molar-refractivity contribution in [2.45, 2.75) is 46.4 Å². The summed E-state index contributed by atoms with van der Waals surface area (Å²) >= 11 is 0. The van der Waals surface area contributed by atoms with Gasteiger partial charge in [-0.1, -0.05) is 53.7 Å². The second-order valence-corrected chi connectivity index (χ2v) is 7.72. The molecular formula is C25H29N5O2. The summed E-state index contributed by atoms with van der Waals surface area (Å²) in [4.78, 5) is 14.8. The number of nitrogen functional groups attached to an aromatic ring is 1. The number of aryl methyl sites for hydroxylation is 1. The molecule has 0 bridgehead atoms. The molecule has 0 saturated heterocycles. The standard InChI is InChI=1S/C25H29N5O2/c1-3-31-17-22-28-23-24(20-13-7-8-14-21(20)27-25(23)26)30(22)15-9-10-18(2)29-32-16-19-11-5-4-6-12-19/h4-8,11-14H,3,9-10,15-17H2,1-2H3,(H2,26,27). The van der Waals surface area contributed by atoms with E-state index >= 15 is 0 Å². The molecule has 0 spiro atoms. The Bertz CT molecular complexity index is 1220. The number of nitrogens with two attached hydrogens (primary N) is 1. The molecule has 7 heteroatoms. The zero-order valence-electron chi connectivity index (χ0n) is 18.6. The van der Waals surface area contributed by atoms with Gasteiger partial charge >= 0.3 is 0 Å². The molecule has 0 atom stereocenters. The third kappa shape index (κ3) is 4.89. The van der Waals surface area contributed by atoms with E-state index in [2.05, 4.69) is 20.8 Å². The van der Waals surface area contributed by atoms with Crippen molar-refractivity contribution in [3.05, 3.63) is 66.0 Å². The van der Waals surface area contributed by atoms with Gasteiger partial charge < -0.3 is 19.9 Å². The molecule has 4 rings (SSSR count). The Kier molecular flexibility index (Phi) is 6.97. The topological polar surface area (TPSA) is 87.6 Å². The predicted octanol–water partition coefficient (Wildman–Crippen LogP) is 5.08. The number of fused-ring (bicyclic) bond motifs is 3. The van der Waals surface area contributed by atoms with Gasteiger partial charge in [-0.05, 0) is 38.3 Å². The van der Waals surface area contributed by atoms with Gasteiger partial charge in [-0.25, -0.2) is 9.97 Å². The molecule has 0 aliphatic rings. The third-order valence-electron chi connectivity index (χ3n) is 5.34. The lowest BCUT2D eigenvalue weighted by molar-refractivity contribution is 0.125. The molecule has 0 saturated carbocycles. The van der Waals surface area contributed by atoms with Crippen LogP contribution in [0.25, 0.3) is 21.9 Å². The molecule has 0 fully saturated rings. The van der Waals surface area contributed by atoms with Crippen LogP contribution in [-0.4, -0.2) is 26.9 Å². The van der Waals surface area contributed by atoms with Crippen LogP contribution in [-0.2, 0) is 29.3 Å². The monoisotopic (exact) mass is 431 g/mol. The van der Waals surface area contributed by atoms with E-state index in [0.29, 0.717) is 25.6 Å². The summed E-state index contributed by atoms with van der Waals surface area (Å²) in [5, 5.41) is 5.32. The van der Waals surface area contributed by atoms with Gasteiger partial charge in [0.2, 0.25) is 0 Å². The average Bonchev–Trinajstić information content (AvgIpc) is 3.18. The second kappa shape index (κ2) is 10.2. The van der Waals surface area contributed by atoms with E-state index in [1.807, 2.05) is 62.4 Å². The van der Waals surface area contributed by atoms with Crippen molar-refractivity contribution in [3.8, 4) is 0 Å². The van der Waals surface area contributed by atoms with E-state index in [1.54, 1.807) is 0 Å². The first-order valence-corrected chi connectivity index (χ1v) is 11.0. The van der Waals surface area contributed by atoms with Crippen molar-refractivity contribution >= 4 is 33.5 Å². The van der Waals surface area contributed by atoms with Crippen molar-refractivity contribution in [1.29, 1.82) is 0 Å². The fraction of sp³-hybridized carbons (Fsp3) is 0.320. The molecule has 2 heterocycles. The number of benzene rings is 2. The van der Waals surface area contributed by atoms with E-state index in [4.69, 9.17) is 20.3 Å². The number of aromatic nitrogens is 3. The van der Waals surface area contributed by atoms with Crippen molar-refractivity contribution < 1.29 is 9.57 Å². The maximum absolute atomic E-state index is 6.25. The maximum atomic E-state index is 6.25. The highest BCUT2D eigenvalue weighted by Crippen LogP contribution is 2.29. The van der Waals surface area contributed by atoms with Gasteiger partial charge in [-0.3, -0.25) is 0 Å². The summed E-state index contributed by atoms with van der Waals surface area (Å²) in [6, 6.07) is 18.1. The number of oxime groups is 1. The molecule has 0 unspecified atom stereocenters. The van der Waals surface area contributed by atoms with Crippen molar-refractivity contribution in [3.63, 3.8) is 0 Å². The minimum absolute atomic E-state index is 0.437. The Morgan fingerprint density at radius 2 is 1.81 bits per heavy atom. The molecule has 4 aromatic rings. The highest BCUT2D eigenvalue weighted by atomic mass is 16.6. The van der Waals surface area contributed by atoms with Gasteiger partial charge in [0.05, 0.1) is 16.7 Å². The second-order valence-electron chi connectivity index (χ2n) is 7.72. The van der Waals surface area contributed by atoms with Crippen LogP contribution in [0.15, 0.2) is 59.8 Å². The number of pyridine rings is 1. The lowest BCUT2D eigenvalue weighted by Gasteiger charge is -2.11. The van der Waals surface area contributed by atoms with Gasteiger partial charge in [0.25, 0.3) is 0 Å². The molecule has 7 nitrogen and oxygen atoms in total. The Hall–Kier alpha value is -3.45. The quantitative estimate of drug-likeness (QED) is 0.280. The van der Waals surface area contributed by atoms with Crippen LogP contribution < -0.4 is 5.73 Å². The van der Waals surface area contributed by atoms with Gasteiger partial charge in [0, 0.05) is 18.5 Å². The average molecular weight is 432 g/mol. The van der Waals surface area contributed by atoms with E-state index < -0.39 is 0 Å². The fourth-order valence-electron chi connectivity index (χ4n) is 3.78. The van der Waals surface area contributed by atoms with Gasteiger partial charge in [-0.2, -0.15) is 0 Å². The van der Waals surface area contributed by atoms with Gasteiger partial charge in [-0.15, -0.1) is 0 Å². The minimum Gasteiger partial charge on any atom is -0.391 e. The molecule has 2 aromatic heterocycles. The van der Waals surface area contributed by atoms with Crippen molar-refractivity contribution in [1.82, 2.24) is 14.5 Å². The number of anilines is 1. The zero-order chi connectivity index (χ0) is 22.3. The summed E-state index contributed by atoms with van der Waals surface area (Å²) in [5.41, 5.74) is 10.9. The van der Waals surface area contributed by atoms with Crippen molar-refractivity contribution in [2.75, 3.05) is 12.3 Å². The highest BCUT2D eigenvalue weighted by molar-refractivity contribution is 6.06. The molecule has 32 heavy (non-hydrogen) atoms. The normalized spacial score (nSPS) is 12.0. The summed E-state index contributed by atoms with van der Waals surface area (Å²) in [6.07, 6.45) is 1.71. The Balaban J connectivity index is 1.51. The first-order chi connectivity index (χ1) is 15.7. The molecular weight excluding hydrogens is 402 g/mol. The first kappa shape index (κ1) is 21.8. The maximum Gasteiger partial charge on any atom is 0.152 e. The highest BCUT2D eigenvalue weighted by Gasteiger charge is 2.17. The van der Waals surface area contributed by atoms with Crippen LogP contribution in [0.5, 0.6) is 0 Å². The fourth-order valence-corrected chi connectivity index (χ4v) is 3.78. The predicted molar refractivity (Wildman–Crippen MR) is 128 cm³/mol. The van der Waals surface area contributed by atoms with Crippen LogP contribution in [0.3, 0.4) is 0 Å². The summed E-state index contributed by atoms with van der Waals surface area (Å²) in [5.74, 6) is 1.31. The number of hydrogen-bond donors (Lipinski definition) is 1. The number of para-hydroxylation sites is 1. The van der Waals surface area contributed by atoms with Crippen LogP contribution in [0.4, 0.5) is 5.82 Å². The smallest absolute Gasteiger partial charge is 0.152 e. The Morgan fingerprint density at radius 1 is 1.03 bits per heavy atom. The minimum atomic E-state index is 0.437. The van der Waals surface area contributed by atoms with Gasteiger partial charge in [0.1, 0.15) is 24.6 Å². The van der Waals surface area contributed by atoms with Crippen LogP contribution in [0.1, 0.15) is 38.1 Å². The summed E-state index contributed by atoms with van der Waals surface area (Å²) in [6.45, 7) is 6.29. The van der Waals surface area contributed by atoms with E-state index in [1.165, 1.54) is 0 Å². The molecule has 0 aliphatic carbocycles. The summed E-state index contributed by atoms with van der Waals surface area (Å²) in [7, 11) is 0. The molecule has 166 valence electrons. The number of ether oxygens (including phenoxy) is 1. The number of nitrogens with zero attached hydrogens (tertiary/aromatic N) is 4. The van der Waals surface area contributed by atoms with E-state index in [-0.39, 0.29) is 0 Å². The largest absolute Gasteiger partial charge is 0.391 e.